The van der Waals surface area contributed by atoms with Crippen LogP contribution < -0.4 is 5.32 Å². The predicted octanol–water partition coefficient (Wildman–Crippen LogP) is 5.42. The van der Waals surface area contributed by atoms with Gasteiger partial charge in [0, 0.05) is 16.7 Å². The number of amides is 1. The molecule has 0 saturated heterocycles. The molecule has 1 N–H and O–H groups in total. The SMILES string of the molecule is Cc1nc(C2CC2)nc2sc(C(=O)N[C@@H](C)c3cc4ccccc4o3)c(C)c12. The van der Waals surface area contributed by atoms with E-state index in [9.17, 15) is 4.79 Å². The zero-order valence-corrected chi connectivity index (χ0v) is 16.9. The Morgan fingerprint density at radius 3 is 2.79 bits per heavy atom. The summed E-state index contributed by atoms with van der Waals surface area (Å²) in [6, 6.07) is 9.62. The number of aryl methyl sites for hydroxylation is 2. The highest BCUT2D eigenvalue weighted by atomic mass is 32.1. The molecule has 3 heterocycles. The fraction of sp³-hybridized carbons (Fsp3) is 0.318. The van der Waals surface area contributed by atoms with Gasteiger partial charge in [-0.1, -0.05) is 18.2 Å². The second-order valence-electron chi connectivity index (χ2n) is 7.56. The average molecular weight is 391 g/mol. The summed E-state index contributed by atoms with van der Waals surface area (Å²) in [6.07, 6.45) is 2.33. The van der Waals surface area contributed by atoms with Crippen molar-refractivity contribution >= 4 is 38.4 Å². The Bertz CT molecular complexity index is 1190. The zero-order chi connectivity index (χ0) is 19.4. The normalized spacial score (nSPS) is 15.2. The van der Waals surface area contributed by atoms with Crippen LogP contribution in [0.25, 0.3) is 21.2 Å². The third kappa shape index (κ3) is 2.88. The van der Waals surface area contributed by atoms with Crippen molar-refractivity contribution in [2.75, 3.05) is 0 Å². The summed E-state index contributed by atoms with van der Waals surface area (Å²) in [5, 5.41) is 5.12. The summed E-state index contributed by atoms with van der Waals surface area (Å²) in [7, 11) is 0. The van der Waals surface area contributed by atoms with Crippen LogP contribution in [0.3, 0.4) is 0 Å². The van der Waals surface area contributed by atoms with Gasteiger partial charge < -0.3 is 9.73 Å². The largest absolute Gasteiger partial charge is 0.459 e. The fourth-order valence-corrected chi connectivity index (χ4v) is 4.79. The number of para-hydroxylation sites is 1. The number of carbonyl (C=O) groups is 1. The molecule has 5 rings (SSSR count). The number of nitrogens with one attached hydrogen (secondary N) is 1. The highest BCUT2D eigenvalue weighted by molar-refractivity contribution is 7.20. The van der Waals surface area contributed by atoms with Gasteiger partial charge in [0.05, 0.1) is 16.6 Å². The number of hydrogen-bond donors (Lipinski definition) is 1. The number of carbonyl (C=O) groups excluding carboxylic acids is 1. The Balaban J connectivity index is 1.45. The third-order valence-electron chi connectivity index (χ3n) is 5.36. The fourth-order valence-electron chi connectivity index (χ4n) is 3.65. The van der Waals surface area contributed by atoms with Crippen molar-refractivity contribution in [1.82, 2.24) is 15.3 Å². The standard InChI is InChI=1S/C22H21N3O2S/c1-11-18-13(3)23-20(14-8-9-14)25-22(18)28-19(11)21(26)24-12(2)17-10-15-6-4-5-7-16(15)27-17/h4-7,10,12,14H,8-9H2,1-3H3,(H,24,26)/t12-/m0/s1. The van der Waals surface area contributed by atoms with E-state index in [0.29, 0.717) is 10.8 Å². The molecular formula is C22H21N3O2S. The summed E-state index contributed by atoms with van der Waals surface area (Å²) in [5.41, 5.74) is 2.74. The molecule has 0 spiro atoms. The summed E-state index contributed by atoms with van der Waals surface area (Å²) in [6.45, 7) is 5.93. The maximum atomic E-state index is 13.0. The molecule has 0 bridgehead atoms. The van der Waals surface area contributed by atoms with Gasteiger partial charge in [-0.15, -0.1) is 11.3 Å². The van der Waals surface area contributed by atoms with Crippen LogP contribution in [0.15, 0.2) is 34.7 Å². The van der Waals surface area contributed by atoms with Crippen LogP contribution in [-0.4, -0.2) is 15.9 Å². The van der Waals surface area contributed by atoms with E-state index in [1.54, 1.807) is 0 Å². The van der Waals surface area contributed by atoms with E-state index in [-0.39, 0.29) is 11.9 Å². The molecule has 1 aromatic carbocycles. The molecule has 4 aromatic rings. The highest BCUT2D eigenvalue weighted by Crippen LogP contribution is 2.40. The second-order valence-corrected chi connectivity index (χ2v) is 8.56. The van der Waals surface area contributed by atoms with Crippen molar-refractivity contribution in [2.45, 2.75) is 45.6 Å². The molecule has 0 unspecified atom stereocenters. The maximum absolute atomic E-state index is 13.0. The van der Waals surface area contributed by atoms with Gasteiger partial charge in [-0.2, -0.15) is 0 Å². The van der Waals surface area contributed by atoms with E-state index < -0.39 is 0 Å². The van der Waals surface area contributed by atoms with Crippen molar-refractivity contribution in [3.63, 3.8) is 0 Å². The number of benzene rings is 1. The van der Waals surface area contributed by atoms with Crippen molar-refractivity contribution < 1.29 is 9.21 Å². The summed E-state index contributed by atoms with van der Waals surface area (Å²) >= 11 is 1.45. The number of furan rings is 1. The molecule has 6 heteroatoms. The van der Waals surface area contributed by atoms with E-state index in [4.69, 9.17) is 9.40 Å². The summed E-state index contributed by atoms with van der Waals surface area (Å²) in [4.78, 5) is 24.0. The van der Waals surface area contributed by atoms with Gasteiger partial charge in [-0.05, 0) is 51.3 Å². The minimum atomic E-state index is -0.223. The van der Waals surface area contributed by atoms with Crippen molar-refractivity contribution in [3.05, 3.63) is 58.1 Å². The molecule has 1 amide bonds. The van der Waals surface area contributed by atoms with E-state index in [1.165, 1.54) is 11.3 Å². The van der Waals surface area contributed by atoms with E-state index >= 15 is 0 Å². The summed E-state index contributed by atoms with van der Waals surface area (Å²) in [5.74, 6) is 2.07. The first kappa shape index (κ1) is 17.4. The molecule has 28 heavy (non-hydrogen) atoms. The van der Waals surface area contributed by atoms with Crippen LogP contribution >= 0.6 is 11.3 Å². The first-order chi connectivity index (χ1) is 13.5. The minimum absolute atomic E-state index is 0.0965. The quantitative estimate of drug-likeness (QED) is 0.504. The van der Waals surface area contributed by atoms with Gasteiger partial charge >= 0.3 is 0 Å². The molecule has 1 fully saturated rings. The Morgan fingerprint density at radius 2 is 2.04 bits per heavy atom. The third-order valence-corrected chi connectivity index (χ3v) is 6.54. The maximum Gasteiger partial charge on any atom is 0.262 e. The first-order valence-electron chi connectivity index (χ1n) is 9.58. The lowest BCUT2D eigenvalue weighted by molar-refractivity contribution is 0.0939. The molecular weight excluding hydrogens is 370 g/mol. The lowest BCUT2D eigenvalue weighted by atomic mass is 10.1. The predicted molar refractivity (Wildman–Crippen MR) is 111 cm³/mol. The lowest BCUT2D eigenvalue weighted by Gasteiger charge is -2.10. The van der Waals surface area contributed by atoms with Gasteiger partial charge in [-0.25, -0.2) is 9.97 Å². The van der Waals surface area contributed by atoms with Crippen LogP contribution in [0.4, 0.5) is 0 Å². The molecule has 5 nitrogen and oxygen atoms in total. The van der Waals surface area contributed by atoms with E-state index in [0.717, 1.165) is 56.9 Å². The highest BCUT2D eigenvalue weighted by Gasteiger charge is 2.29. The molecule has 3 aromatic heterocycles. The van der Waals surface area contributed by atoms with Gasteiger partial charge in [0.25, 0.3) is 5.91 Å². The number of thiophene rings is 1. The molecule has 0 radical (unpaired) electrons. The van der Waals surface area contributed by atoms with Gasteiger partial charge in [0.2, 0.25) is 0 Å². The topological polar surface area (TPSA) is 68.0 Å². The Kier molecular flexibility index (Phi) is 3.98. The Labute approximate surface area is 166 Å². The minimum Gasteiger partial charge on any atom is -0.459 e. The second kappa shape index (κ2) is 6.41. The first-order valence-corrected chi connectivity index (χ1v) is 10.4. The van der Waals surface area contributed by atoms with Crippen molar-refractivity contribution in [3.8, 4) is 0 Å². The van der Waals surface area contributed by atoms with Crippen LogP contribution in [0.1, 0.15) is 64.2 Å². The Hall–Kier alpha value is -2.73. The number of hydrogen-bond acceptors (Lipinski definition) is 5. The monoisotopic (exact) mass is 391 g/mol. The average Bonchev–Trinajstić information content (AvgIpc) is 3.34. The molecule has 1 saturated carbocycles. The Morgan fingerprint density at radius 1 is 1.25 bits per heavy atom. The molecule has 1 aliphatic rings. The summed E-state index contributed by atoms with van der Waals surface area (Å²) < 4.78 is 5.89. The number of fused-ring (bicyclic) bond motifs is 2. The van der Waals surface area contributed by atoms with E-state index in [2.05, 4.69) is 10.3 Å². The zero-order valence-electron chi connectivity index (χ0n) is 16.1. The van der Waals surface area contributed by atoms with E-state index in [1.807, 2.05) is 51.1 Å². The van der Waals surface area contributed by atoms with Crippen LogP contribution in [-0.2, 0) is 0 Å². The number of aromatic nitrogens is 2. The van der Waals surface area contributed by atoms with Crippen molar-refractivity contribution in [2.24, 2.45) is 0 Å². The molecule has 0 aliphatic heterocycles. The number of nitrogens with zero attached hydrogens (tertiary/aromatic N) is 2. The molecule has 1 aliphatic carbocycles. The number of rotatable bonds is 4. The molecule has 1 atom stereocenters. The van der Waals surface area contributed by atoms with Crippen LogP contribution in [0, 0.1) is 13.8 Å². The van der Waals surface area contributed by atoms with Crippen LogP contribution in [0.2, 0.25) is 0 Å². The molecule has 142 valence electrons. The van der Waals surface area contributed by atoms with Gasteiger partial charge in [0.1, 0.15) is 22.0 Å². The van der Waals surface area contributed by atoms with Gasteiger partial charge in [0.15, 0.2) is 0 Å². The smallest absolute Gasteiger partial charge is 0.262 e. The van der Waals surface area contributed by atoms with Gasteiger partial charge in [-0.3, -0.25) is 4.79 Å². The van der Waals surface area contributed by atoms with Crippen molar-refractivity contribution in [1.29, 1.82) is 0 Å². The lowest BCUT2D eigenvalue weighted by Crippen LogP contribution is -2.26. The van der Waals surface area contributed by atoms with Crippen LogP contribution in [0.5, 0.6) is 0 Å².